The molecule has 1 N–H and O–H groups in total. The molecular formula is C29H34N6O3. The van der Waals surface area contributed by atoms with Crippen molar-refractivity contribution in [3.05, 3.63) is 89.4 Å². The molecule has 0 spiro atoms. The first-order valence-electron chi connectivity index (χ1n) is 12.7. The smallest absolute Gasteiger partial charge is 0.277 e. The molecular weight excluding hydrogens is 480 g/mol. The van der Waals surface area contributed by atoms with Gasteiger partial charge in [-0.1, -0.05) is 31.7 Å². The summed E-state index contributed by atoms with van der Waals surface area (Å²) in [6.07, 6.45) is 5.72. The Morgan fingerprint density at radius 2 is 1.84 bits per heavy atom. The molecule has 198 valence electrons. The van der Waals surface area contributed by atoms with E-state index >= 15 is 0 Å². The molecule has 9 heteroatoms. The standard InChI is InChI=1S/C29H34N6O3/c1-6-8-25(21-10-9-20(3)26(17-21)38-5)35-23(7-2)18-24(32-35)28(36)31-27-12-11-22(19-30-27)29(37)34-15-13-33(4)14-16-34/h6,8-12,17-19H,1,7,13-16H2,2-5H3,(H,30,31,36)/b25-8-. The number of pyridine rings is 1. The summed E-state index contributed by atoms with van der Waals surface area (Å²) in [5.74, 6) is 0.677. The predicted molar refractivity (Wildman–Crippen MR) is 148 cm³/mol. The van der Waals surface area contributed by atoms with Crippen molar-refractivity contribution >= 4 is 23.3 Å². The Kier molecular flexibility index (Phi) is 8.38. The SMILES string of the molecule is C=C/C=C(/c1ccc(C)c(OC)c1)n1nc(C(=O)Nc2ccc(C(=O)N3CCN(C)CC3)cn2)cc1CC. The van der Waals surface area contributed by atoms with Crippen molar-refractivity contribution < 1.29 is 14.3 Å². The van der Waals surface area contributed by atoms with Crippen molar-refractivity contribution in [2.24, 2.45) is 0 Å². The average molecular weight is 515 g/mol. The van der Waals surface area contributed by atoms with Crippen LogP contribution in [0.1, 0.15) is 44.6 Å². The van der Waals surface area contributed by atoms with Crippen LogP contribution in [-0.2, 0) is 6.42 Å². The van der Waals surface area contributed by atoms with Crippen LogP contribution in [0, 0.1) is 6.92 Å². The van der Waals surface area contributed by atoms with Crippen LogP contribution < -0.4 is 10.1 Å². The van der Waals surface area contributed by atoms with Gasteiger partial charge in [0.1, 0.15) is 11.6 Å². The maximum absolute atomic E-state index is 13.1. The van der Waals surface area contributed by atoms with Crippen molar-refractivity contribution in [1.29, 1.82) is 0 Å². The van der Waals surface area contributed by atoms with E-state index in [2.05, 4.69) is 26.9 Å². The maximum atomic E-state index is 13.1. The monoisotopic (exact) mass is 514 g/mol. The van der Waals surface area contributed by atoms with Gasteiger partial charge in [0, 0.05) is 43.6 Å². The van der Waals surface area contributed by atoms with Gasteiger partial charge in [-0.15, -0.1) is 0 Å². The van der Waals surface area contributed by atoms with Crippen molar-refractivity contribution in [2.45, 2.75) is 20.3 Å². The molecule has 0 saturated carbocycles. The number of hydrogen-bond acceptors (Lipinski definition) is 6. The predicted octanol–water partition coefficient (Wildman–Crippen LogP) is 3.87. The Hall–Kier alpha value is -4.24. The van der Waals surface area contributed by atoms with Crippen LogP contribution >= 0.6 is 0 Å². The molecule has 0 bridgehead atoms. The second-order valence-electron chi connectivity index (χ2n) is 9.24. The fourth-order valence-corrected chi connectivity index (χ4v) is 4.34. The lowest BCUT2D eigenvalue weighted by atomic mass is 10.1. The summed E-state index contributed by atoms with van der Waals surface area (Å²) in [4.78, 5) is 34.2. The summed E-state index contributed by atoms with van der Waals surface area (Å²) in [6, 6.07) is 11.0. The number of piperazine rings is 1. The third-order valence-corrected chi connectivity index (χ3v) is 6.63. The molecule has 1 saturated heterocycles. The number of ether oxygens (including phenoxy) is 1. The molecule has 1 aromatic carbocycles. The average Bonchev–Trinajstić information content (AvgIpc) is 3.37. The molecule has 3 heterocycles. The van der Waals surface area contributed by atoms with Gasteiger partial charge in [0.15, 0.2) is 5.69 Å². The zero-order valence-electron chi connectivity index (χ0n) is 22.4. The molecule has 1 aliphatic heterocycles. The summed E-state index contributed by atoms with van der Waals surface area (Å²) in [7, 11) is 3.68. The van der Waals surface area contributed by atoms with Gasteiger partial charge < -0.3 is 19.9 Å². The molecule has 9 nitrogen and oxygen atoms in total. The molecule has 2 amide bonds. The minimum atomic E-state index is -0.386. The molecule has 2 aromatic heterocycles. The summed E-state index contributed by atoms with van der Waals surface area (Å²) in [5, 5.41) is 7.41. The number of carbonyl (C=O) groups excluding carboxylic acids is 2. The molecule has 3 aromatic rings. The maximum Gasteiger partial charge on any atom is 0.277 e. The van der Waals surface area contributed by atoms with E-state index in [1.807, 2.05) is 50.1 Å². The van der Waals surface area contributed by atoms with E-state index in [0.29, 0.717) is 30.9 Å². The number of nitrogens with zero attached hydrogens (tertiary/aromatic N) is 5. The van der Waals surface area contributed by atoms with Gasteiger partial charge in [-0.05, 0) is 56.3 Å². The van der Waals surface area contributed by atoms with E-state index in [-0.39, 0.29) is 17.5 Å². The molecule has 0 aliphatic carbocycles. The molecule has 1 aliphatic rings. The summed E-state index contributed by atoms with van der Waals surface area (Å²) in [5.41, 5.74) is 4.31. The number of hydrogen-bond donors (Lipinski definition) is 1. The molecule has 0 unspecified atom stereocenters. The number of allylic oxidation sites excluding steroid dienone is 2. The van der Waals surface area contributed by atoms with Gasteiger partial charge >= 0.3 is 0 Å². The number of anilines is 1. The Morgan fingerprint density at radius 3 is 2.47 bits per heavy atom. The van der Waals surface area contributed by atoms with Crippen LogP contribution in [0.15, 0.2) is 61.3 Å². The van der Waals surface area contributed by atoms with Gasteiger partial charge in [0.2, 0.25) is 0 Å². The van der Waals surface area contributed by atoms with Crippen LogP contribution in [0.5, 0.6) is 5.75 Å². The fraction of sp³-hybridized carbons (Fsp3) is 0.310. The Morgan fingerprint density at radius 1 is 1.11 bits per heavy atom. The number of amides is 2. The molecule has 1 fully saturated rings. The lowest BCUT2D eigenvalue weighted by Gasteiger charge is -2.32. The van der Waals surface area contributed by atoms with Crippen LogP contribution in [0.25, 0.3) is 5.70 Å². The van der Waals surface area contributed by atoms with Crippen molar-refractivity contribution in [1.82, 2.24) is 24.6 Å². The molecule has 0 atom stereocenters. The summed E-state index contributed by atoms with van der Waals surface area (Å²) >= 11 is 0. The molecule has 38 heavy (non-hydrogen) atoms. The summed E-state index contributed by atoms with van der Waals surface area (Å²) < 4.78 is 7.25. The number of rotatable bonds is 8. The highest BCUT2D eigenvalue weighted by Crippen LogP contribution is 2.26. The summed E-state index contributed by atoms with van der Waals surface area (Å²) in [6.45, 7) is 10.9. The van der Waals surface area contributed by atoms with Crippen molar-refractivity contribution in [2.75, 3.05) is 45.7 Å². The fourth-order valence-electron chi connectivity index (χ4n) is 4.34. The van der Waals surface area contributed by atoms with Gasteiger partial charge in [-0.3, -0.25) is 9.59 Å². The first kappa shape index (κ1) is 26.8. The van der Waals surface area contributed by atoms with E-state index in [9.17, 15) is 9.59 Å². The van der Waals surface area contributed by atoms with Crippen LogP contribution in [0.2, 0.25) is 0 Å². The minimum Gasteiger partial charge on any atom is -0.496 e. The number of carbonyl (C=O) groups is 2. The highest BCUT2D eigenvalue weighted by atomic mass is 16.5. The van der Waals surface area contributed by atoms with Gasteiger partial charge in [-0.25, -0.2) is 9.67 Å². The molecule has 0 radical (unpaired) electrons. The van der Waals surface area contributed by atoms with Crippen LogP contribution in [0.3, 0.4) is 0 Å². The lowest BCUT2D eigenvalue weighted by Crippen LogP contribution is -2.47. The zero-order chi connectivity index (χ0) is 27.2. The number of aryl methyl sites for hydroxylation is 2. The quantitative estimate of drug-likeness (QED) is 0.459. The zero-order valence-corrected chi connectivity index (χ0v) is 22.4. The normalized spacial score (nSPS) is 14.3. The van der Waals surface area contributed by atoms with Crippen LogP contribution in [0.4, 0.5) is 5.82 Å². The van der Waals surface area contributed by atoms with Gasteiger partial charge in [-0.2, -0.15) is 5.10 Å². The first-order valence-corrected chi connectivity index (χ1v) is 12.7. The Bertz CT molecular complexity index is 1350. The third-order valence-electron chi connectivity index (χ3n) is 6.63. The number of benzene rings is 1. The van der Waals surface area contributed by atoms with Gasteiger partial charge in [0.05, 0.1) is 18.4 Å². The largest absolute Gasteiger partial charge is 0.496 e. The van der Waals surface area contributed by atoms with E-state index in [0.717, 1.165) is 41.4 Å². The second kappa shape index (κ2) is 11.9. The third kappa shape index (κ3) is 5.84. The van der Waals surface area contributed by atoms with E-state index in [1.165, 1.54) is 6.20 Å². The highest BCUT2D eigenvalue weighted by Gasteiger charge is 2.21. The Balaban J connectivity index is 1.52. The Labute approximate surface area is 223 Å². The second-order valence-corrected chi connectivity index (χ2v) is 9.24. The number of nitrogens with one attached hydrogen (secondary N) is 1. The molecule has 4 rings (SSSR count). The van der Waals surface area contributed by atoms with E-state index < -0.39 is 0 Å². The minimum absolute atomic E-state index is 0.0518. The lowest BCUT2D eigenvalue weighted by molar-refractivity contribution is 0.0663. The van der Waals surface area contributed by atoms with Crippen molar-refractivity contribution in [3.63, 3.8) is 0 Å². The van der Waals surface area contributed by atoms with Gasteiger partial charge in [0.25, 0.3) is 11.8 Å². The first-order chi connectivity index (χ1) is 18.3. The van der Waals surface area contributed by atoms with E-state index in [4.69, 9.17) is 4.74 Å². The number of likely N-dealkylation sites (N-methyl/N-ethyl adjacent to an activating group) is 1. The van der Waals surface area contributed by atoms with Crippen LogP contribution in [-0.4, -0.2) is 76.7 Å². The highest BCUT2D eigenvalue weighted by molar-refractivity contribution is 6.02. The van der Waals surface area contributed by atoms with Crippen molar-refractivity contribution in [3.8, 4) is 5.75 Å². The van der Waals surface area contributed by atoms with E-state index in [1.54, 1.807) is 36.1 Å². The number of aromatic nitrogens is 3. The number of methoxy groups -OCH3 is 1. The topological polar surface area (TPSA) is 92.6 Å².